The summed E-state index contributed by atoms with van der Waals surface area (Å²) in [5, 5.41) is 3.14. The Morgan fingerprint density at radius 2 is 2.43 bits per heavy atom. The minimum Gasteiger partial charge on any atom is -0.304 e. The second-order valence-corrected chi connectivity index (χ2v) is 1.93. The van der Waals surface area contributed by atoms with Crippen LogP contribution < -0.4 is 5.32 Å². The summed E-state index contributed by atoms with van der Waals surface area (Å²) >= 11 is 3.02. The fourth-order valence-electron chi connectivity index (χ4n) is 0.478. The van der Waals surface area contributed by atoms with Gasteiger partial charge in [-0.05, 0) is 17.8 Å². The first-order chi connectivity index (χ1) is 3.43. The van der Waals surface area contributed by atoms with Gasteiger partial charge in [-0.15, -0.1) is 0 Å². The summed E-state index contributed by atoms with van der Waals surface area (Å²) in [6.07, 6.45) is 1.21. The molecule has 0 saturated carbocycles. The van der Waals surface area contributed by atoms with Crippen LogP contribution in [0.25, 0.3) is 0 Å². The summed E-state index contributed by atoms with van der Waals surface area (Å²) in [6.45, 7) is 1.13. The van der Waals surface area contributed by atoms with Crippen molar-refractivity contribution < 1.29 is 0 Å². The fourth-order valence-corrected chi connectivity index (χ4v) is 0.754. The van der Waals surface area contributed by atoms with Gasteiger partial charge < -0.3 is 5.32 Å². The first kappa shape index (κ1) is 5.14. The molecule has 0 unspecified atom stereocenters. The van der Waals surface area contributed by atoms with Gasteiger partial charge in [-0.25, -0.2) is 0 Å². The van der Waals surface area contributed by atoms with Gasteiger partial charge >= 0.3 is 0 Å². The maximum atomic E-state index is 3.14. The zero-order valence-electron chi connectivity index (χ0n) is 3.87. The van der Waals surface area contributed by atoms with Gasteiger partial charge in [0.25, 0.3) is 0 Å². The van der Waals surface area contributed by atoms with E-state index in [-0.39, 0.29) is 0 Å². The molecule has 0 radical (unpaired) electrons. The van der Waals surface area contributed by atoms with Crippen molar-refractivity contribution in [2.75, 3.05) is 6.54 Å². The molecule has 0 bridgehead atoms. The van der Waals surface area contributed by atoms with Crippen molar-refractivity contribution in [1.29, 1.82) is 0 Å². The predicted molar refractivity (Wildman–Crippen MR) is 33.1 cm³/mol. The van der Waals surface area contributed by atoms with Gasteiger partial charge in [-0.1, -0.05) is 5.92 Å². The van der Waals surface area contributed by atoms with Crippen molar-refractivity contribution in [3.8, 4) is 10.8 Å². The van der Waals surface area contributed by atoms with Crippen molar-refractivity contribution >= 4 is 15.9 Å². The molecule has 0 amide bonds. The first-order valence-corrected chi connectivity index (χ1v) is 3.07. The number of halogens is 1. The van der Waals surface area contributed by atoms with Crippen LogP contribution in [-0.2, 0) is 0 Å². The highest BCUT2D eigenvalue weighted by Crippen LogP contribution is 1.98. The quantitative estimate of drug-likeness (QED) is 0.514. The highest BCUT2D eigenvalue weighted by molar-refractivity contribution is 9.12. The van der Waals surface area contributed by atoms with Crippen molar-refractivity contribution in [2.24, 2.45) is 0 Å². The van der Waals surface area contributed by atoms with Crippen molar-refractivity contribution in [3.05, 3.63) is 0 Å². The Bertz CT molecular complexity index is 107. The van der Waals surface area contributed by atoms with Crippen LogP contribution in [0.2, 0.25) is 0 Å². The average Bonchev–Trinajstić information content (AvgIpc) is 1.55. The molecule has 0 spiro atoms. The van der Waals surface area contributed by atoms with Crippen LogP contribution >= 0.6 is 15.9 Å². The molecule has 1 fully saturated rings. The molecule has 1 nitrogen and oxygen atoms in total. The summed E-state index contributed by atoms with van der Waals surface area (Å²) < 4.78 is 0. The van der Waals surface area contributed by atoms with Gasteiger partial charge in [0.1, 0.15) is 0 Å². The second kappa shape index (κ2) is 2.34. The van der Waals surface area contributed by atoms with E-state index >= 15 is 0 Å². The van der Waals surface area contributed by atoms with E-state index in [1.54, 1.807) is 0 Å². The third kappa shape index (κ3) is 1.19. The number of hydrogen-bond donors (Lipinski definition) is 1. The average molecular weight is 160 g/mol. The van der Waals surface area contributed by atoms with Crippen LogP contribution in [0, 0.1) is 10.8 Å². The van der Waals surface area contributed by atoms with E-state index in [1.165, 1.54) is 6.42 Å². The van der Waals surface area contributed by atoms with Crippen LogP contribution in [0.1, 0.15) is 6.42 Å². The first-order valence-electron chi connectivity index (χ1n) is 2.28. The Morgan fingerprint density at radius 1 is 1.71 bits per heavy atom. The Kier molecular flexibility index (Phi) is 1.72. The predicted octanol–water partition coefficient (Wildman–Crippen LogP) is 0.704. The minimum absolute atomic E-state index is 0.472. The highest BCUT2D eigenvalue weighted by atomic mass is 79.9. The standard InChI is InChI=1S/C5H6BrN/c6-3-1-5-2-4-7-5/h5,7H,2,4H2/t5-/m1/s1. The summed E-state index contributed by atoms with van der Waals surface area (Å²) in [7, 11) is 0. The number of hydrogen-bond acceptors (Lipinski definition) is 1. The van der Waals surface area contributed by atoms with E-state index in [4.69, 9.17) is 0 Å². The molecular formula is C5H6BrN. The third-order valence-electron chi connectivity index (χ3n) is 1.05. The lowest BCUT2D eigenvalue weighted by Crippen LogP contribution is -2.41. The molecule has 1 saturated heterocycles. The lowest BCUT2D eigenvalue weighted by Gasteiger charge is -2.21. The van der Waals surface area contributed by atoms with Crippen LogP contribution in [0.5, 0.6) is 0 Å². The topological polar surface area (TPSA) is 12.0 Å². The van der Waals surface area contributed by atoms with Gasteiger partial charge in [-0.2, -0.15) is 0 Å². The van der Waals surface area contributed by atoms with E-state index < -0.39 is 0 Å². The third-order valence-corrected chi connectivity index (χ3v) is 1.28. The van der Waals surface area contributed by atoms with E-state index in [0.717, 1.165) is 6.54 Å². The molecule has 0 aromatic carbocycles. The Labute approximate surface area is 51.6 Å². The van der Waals surface area contributed by atoms with Gasteiger partial charge in [-0.3, -0.25) is 0 Å². The van der Waals surface area contributed by atoms with Crippen molar-refractivity contribution in [2.45, 2.75) is 12.5 Å². The van der Waals surface area contributed by atoms with Crippen LogP contribution in [0.4, 0.5) is 0 Å². The molecule has 1 heterocycles. The fraction of sp³-hybridized carbons (Fsp3) is 0.600. The summed E-state index contributed by atoms with van der Waals surface area (Å²) in [4.78, 5) is 2.67. The van der Waals surface area contributed by atoms with Crippen molar-refractivity contribution in [1.82, 2.24) is 5.32 Å². The van der Waals surface area contributed by atoms with Crippen molar-refractivity contribution in [3.63, 3.8) is 0 Å². The van der Waals surface area contributed by atoms with E-state index in [2.05, 4.69) is 32.0 Å². The molecule has 0 aliphatic carbocycles. The lowest BCUT2D eigenvalue weighted by molar-refractivity contribution is 0.449. The Hall–Kier alpha value is 0.00000000000000000694. The van der Waals surface area contributed by atoms with E-state index in [9.17, 15) is 0 Å². The van der Waals surface area contributed by atoms with Crippen LogP contribution in [0.3, 0.4) is 0 Å². The molecule has 0 aromatic rings. The molecule has 1 atom stereocenters. The minimum atomic E-state index is 0.472. The SMILES string of the molecule is BrC#C[C@@H]1CCN1. The Balaban J connectivity index is 2.23. The molecule has 1 aliphatic rings. The monoisotopic (exact) mass is 159 g/mol. The summed E-state index contributed by atoms with van der Waals surface area (Å²) in [6, 6.07) is 0.472. The maximum Gasteiger partial charge on any atom is 0.0710 e. The summed E-state index contributed by atoms with van der Waals surface area (Å²) in [5.41, 5.74) is 0. The maximum absolute atomic E-state index is 3.14. The van der Waals surface area contributed by atoms with Gasteiger partial charge in [0.05, 0.1) is 6.04 Å². The Morgan fingerprint density at radius 3 is 2.57 bits per heavy atom. The van der Waals surface area contributed by atoms with E-state index in [1.807, 2.05) is 0 Å². The molecule has 2 heteroatoms. The van der Waals surface area contributed by atoms with Gasteiger partial charge in [0.2, 0.25) is 0 Å². The summed E-state index contributed by atoms with van der Waals surface area (Å²) in [5.74, 6) is 2.94. The molecular weight excluding hydrogens is 154 g/mol. The van der Waals surface area contributed by atoms with Crippen LogP contribution in [0.15, 0.2) is 0 Å². The molecule has 1 N–H and O–H groups in total. The zero-order chi connectivity index (χ0) is 5.11. The number of rotatable bonds is 0. The lowest BCUT2D eigenvalue weighted by atomic mass is 10.1. The van der Waals surface area contributed by atoms with Gasteiger partial charge in [0, 0.05) is 15.9 Å². The highest BCUT2D eigenvalue weighted by Gasteiger charge is 2.11. The van der Waals surface area contributed by atoms with Crippen LogP contribution in [-0.4, -0.2) is 12.6 Å². The molecule has 7 heavy (non-hydrogen) atoms. The molecule has 0 aromatic heterocycles. The van der Waals surface area contributed by atoms with Gasteiger partial charge in [0.15, 0.2) is 0 Å². The second-order valence-electron chi connectivity index (χ2n) is 1.53. The van der Waals surface area contributed by atoms with E-state index in [0.29, 0.717) is 6.04 Å². The zero-order valence-corrected chi connectivity index (χ0v) is 5.46. The smallest absolute Gasteiger partial charge is 0.0710 e. The number of nitrogens with one attached hydrogen (secondary N) is 1. The normalized spacial score (nSPS) is 27.3. The molecule has 1 aliphatic heterocycles. The molecule has 1 rings (SSSR count). The molecule has 38 valence electrons. The largest absolute Gasteiger partial charge is 0.304 e.